The Morgan fingerprint density at radius 2 is 1.94 bits per heavy atom. The number of hydrogen-bond donors (Lipinski definition) is 6. The van der Waals surface area contributed by atoms with Crippen LogP contribution in [0.5, 0.6) is 0 Å². The van der Waals surface area contributed by atoms with Gasteiger partial charge >= 0.3 is 6.03 Å². The fourth-order valence-corrected chi connectivity index (χ4v) is 1.48. The first-order valence-electron chi connectivity index (χ1n) is 4.80. The van der Waals surface area contributed by atoms with E-state index in [0.717, 1.165) is 0 Å². The molecule has 1 fully saturated rings. The van der Waals surface area contributed by atoms with Crippen LogP contribution in [0.25, 0.3) is 0 Å². The van der Waals surface area contributed by atoms with Gasteiger partial charge in [0.05, 0.1) is 6.61 Å². The number of aliphatic hydroxyl groups is 4. The lowest BCUT2D eigenvalue weighted by atomic mass is 9.97. The normalized spacial score (nSPS) is 39.2. The second-order valence-corrected chi connectivity index (χ2v) is 3.48. The van der Waals surface area contributed by atoms with Crippen molar-refractivity contribution in [3.05, 3.63) is 0 Å². The predicted octanol–water partition coefficient (Wildman–Crippen LogP) is -3.28. The molecule has 0 spiro atoms. The number of urea groups is 1. The van der Waals surface area contributed by atoms with Crippen LogP contribution in [0, 0.1) is 0 Å². The van der Waals surface area contributed by atoms with E-state index in [1.807, 2.05) is 0 Å². The standard InChI is InChI=1S/C8H16N2O6/c1-9-8(15)10-4-6(13)5(12)3(2-11)16-7(4)14/h3-7,11-14H,2H2,1H3,(H2,9,10,15)/t3-,4-,5+,6+,7-/m0/s1. The van der Waals surface area contributed by atoms with E-state index in [1.54, 1.807) is 0 Å². The van der Waals surface area contributed by atoms with Crippen molar-refractivity contribution < 1.29 is 30.0 Å². The van der Waals surface area contributed by atoms with E-state index < -0.39 is 43.3 Å². The van der Waals surface area contributed by atoms with Crippen LogP contribution in [0.2, 0.25) is 0 Å². The average Bonchev–Trinajstić information content (AvgIpc) is 2.28. The number of ether oxygens (including phenoxy) is 1. The monoisotopic (exact) mass is 236 g/mol. The minimum absolute atomic E-state index is 0.540. The van der Waals surface area contributed by atoms with Crippen LogP contribution in [-0.2, 0) is 4.74 Å². The van der Waals surface area contributed by atoms with Crippen LogP contribution in [0.4, 0.5) is 4.79 Å². The molecule has 94 valence electrons. The van der Waals surface area contributed by atoms with Gasteiger partial charge in [0.15, 0.2) is 6.29 Å². The Balaban J connectivity index is 2.67. The zero-order valence-corrected chi connectivity index (χ0v) is 8.70. The molecule has 0 radical (unpaired) electrons. The van der Waals surface area contributed by atoms with E-state index >= 15 is 0 Å². The van der Waals surface area contributed by atoms with Gasteiger partial charge in [0.1, 0.15) is 24.4 Å². The highest BCUT2D eigenvalue weighted by Gasteiger charge is 2.44. The first kappa shape index (κ1) is 13.1. The second-order valence-electron chi connectivity index (χ2n) is 3.48. The van der Waals surface area contributed by atoms with Crippen molar-refractivity contribution >= 4 is 6.03 Å². The van der Waals surface area contributed by atoms with E-state index in [9.17, 15) is 20.1 Å². The van der Waals surface area contributed by atoms with Gasteiger partial charge < -0.3 is 35.8 Å². The first-order valence-corrected chi connectivity index (χ1v) is 4.80. The molecular weight excluding hydrogens is 220 g/mol. The zero-order valence-electron chi connectivity index (χ0n) is 8.70. The third-order valence-electron chi connectivity index (χ3n) is 2.42. The molecule has 1 rings (SSSR count). The van der Waals surface area contributed by atoms with Gasteiger partial charge in [-0.1, -0.05) is 0 Å². The molecule has 0 bridgehead atoms. The van der Waals surface area contributed by atoms with Crippen LogP contribution in [0.15, 0.2) is 0 Å². The largest absolute Gasteiger partial charge is 0.394 e. The Hall–Kier alpha value is -0.930. The summed E-state index contributed by atoms with van der Waals surface area (Å²) < 4.78 is 4.83. The summed E-state index contributed by atoms with van der Waals surface area (Å²) >= 11 is 0. The van der Waals surface area contributed by atoms with Crippen molar-refractivity contribution in [2.24, 2.45) is 0 Å². The highest BCUT2D eigenvalue weighted by Crippen LogP contribution is 2.19. The second kappa shape index (κ2) is 5.41. The highest BCUT2D eigenvalue weighted by molar-refractivity contribution is 5.73. The van der Waals surface area contributed by atoms with E-state index in [2.05, 4.69) is 10.6 Å². The third-order valence-corrected chi connectivity index (χ3v) is 2.42. The molecular formula is C8H16N2O6. The Bertz CT molecular complexity index is 251. The summed E-state index contributed by atoms with van der Waals surface area (Å²) in [6, 6.07) is -1.78. The molecule has 1 aliphatic heterocycles. The maximum absolute atomic E-state index is 11.0. The number of hydrogen-bond acceptors (Lipinski definition) is 6. The van der Waals surface area contributed by atoms with Crippen LogP contribution in [-0.4, -0.2) is 70.8 Å². The van der Waals surface area contributed by atoms with Crippen molar-refractivity contribution in [3.63, 3.8) is 0 Å². The average molecular weight is 236 g/mol. The summed E-state index contributed by atoms with van der Waals surface area (Å²) in [7, 11) is 1.37. The lowest BCUT2D eigenvalue weighted by Crippen LogP contribution is -2.64. The molecule has 1 aliphatic rings. The number of carbonyl (C=O) groups is 1. The predicted molar refractivity (Wildman–Crippen MR) is 51.4 cm³/mol. The molecule has 0 aromatic heterocycles. The van der Waals surface area contributed by atoms with Crippen LogP contribution in [0.1, 0.15) is 0 Å². The molecule has 6 N–H and O–H groups in total. The van der Waals surface area contributed by atoms with Crippen LogP contribution in [0.3, 0.4) is 0 Å². The number of nitrogens with one attached hydrogen (secondary N) is 2. The molecule has 0 unspecified atom stereocenters. The quantitative estimate of drug-likeness (QED) is 0.298. The summed E-state index contributed by atoms with van der Waals surface area (Å²) in [5.41, 5.74) is 0. The molecule has 0 aliphatic carbocycles. The van der Waals surface area contributed by atoms with Gasteiger partial charge in [-0.3, -0.25) is 0 Å². The van der Waals surface area contributed by atoms with E-state index in [1.165, 1.54) is 7.05 Å². The van der Waals surface area contributed by atoms with Gasteiger partial charge in [-0.2, -0.15) is 0 Å². The van der Waals surface area contributed by atoms with E-state index in [4.69, 9.17) is 9.84 Å². The Kier molecular flexibility index (Phi) is 4.44. The van der Waals surface area contributed by atoms with E-state index in [0.29, 0.717) is 0 Å². The van der Waals surface area contributed by atoms with Gasteiger partial charge in [0.25, 0.3) is 0 Å². The molecule has 0 aromatic carbocycles. The number of carbonyl (C=O) groups excluding carboxylic acids is 1. The molecule has 1 heterocycles. The van der Waals surface area contributed by atoms with Crippen molar-refractivity contribution in [2.75, 3.05) is 13.7 Å². The zero-order chi connectivity index (χ0) is 12.3. The van der Waals surface area contributed by atoms with Crippen molar-refractivity contribution in [1.29, 1.82) is 0 Å². The number of amides is 2. The van der Waals surface area contributed by atoms with Crippen LogP contribution >= 0.6 is 0 Å². The lowest BCUT2D eigenvalue weighted by molar-refractivity contribution is -0.252. The fourth-order valence-electron chi connectivity index (χ4n) is 1.48. The van der Waals surface area contributed by atoms with Gasteiger partial charge in [0.2, 0.25) is 0 Å². The van der Waals surface area contributed by atoms with Crippen molar-refractivity contribution in [1.82, 2.24) is 10.6 Å². The Labute approximate surface area is 91.8 Å². The van der Waals surface area contributed by atoms with Gasteiger partial charge in [-0.25, -0.2) is 4.79 Å². The smallest absolute Gasteiger partial charge is 0.315 e. The van der Waals surface area contributed by atoms with Gasteiger partial charge in [-0.15, -0.1) is 0 Å². The maximum atomic E-state index is 11.0. The van der Waals surface area contributed by atoms with E-state index in [-0.39, 0.29) is 0 Å². The molecule has 2 amide bonds. The summed E-state index contributed by atoms with van der Waals surface area (Å²) in [6.45, 7) is -0.540. The van der Waals surface area contributed by atoms with Gasteiger partial charge in [0, 0.05) is 7.05 Å². The van der Waals surface area contributed by atoms with Gasteiger partial charge in [-0.05, 0) is 0 Å². The third kappa shape index (κ3) is 2.60. The fraction of sp³-hybridized carbons (Fsp3) is 0.875. The van der Waals surface area contributed by atoms with Crippen molar-refractivity contribution in [2.45, 2.75) is 30.6 Å². The lowest BCUT2D eigenvalue weighted by Gasteiger charge is -2.40. The molecule has 5 atom stereocenters. The number of aliphatic hydroxyl groups excluding tert-OH is 4. The van der Waals surface area contributed by atoms with Crippen molar-refractivity contribution in [3.8, 4) is 0 Å². The Morgan fingerprint density at radius 3 is 2.44 bits per heavy atom. The minimum atomic E-state index is -1.49. The molecule has 16 heavy (non-hydrogen) atoms. The van der Waals surface area contributed by atoms with Crippen LogP contribution < -0.4 is 10.6 Å². The summed E-state index contributed by atoms with van der Waals surface area (Å²) in [4.78, 5) is 11.0. The summed E-state index contributed by atoms with van der Waals surface area (Å²) in [5, 5.41) is 41.8. The molecule has 8 nitrogen and oxygen atoms in total. The first-order chi connectivity index (χ1) is 7.51. The maximum Gasteiger partial charge on any atom is 0.315 e. The SMILES string of the molecule is CNC(=O)N[C@H]1[C@@H](O)[C@H](O)[C@H](CO)O[C@@H]1O. The number of rotatable bonds is 2. The summed E-state index contributed by atoms with van der Waals surface area (Å²) in [5.74, 6) is 0. The molecule has 1 saturated heterocycles. The topological polar surface area (TPSA) is 131 Å². The Morgan fingerprint density at radius 1 is 1.31 bits per heavy atom. The summed E-state index contributed by atoms with van der Waals surface area (Å²) in [6.07, 6.45) is -5.37. The highest BCUT2D eigenvalue weighted by atomic mass is 16.6. The molecule has 8 heteroatoms. The molecule has 0 saturated carbocycles. The molecule has 0 aromatic rings. The minimum Gasteiger partial charge on any atom is -0.394 e.